The molecule has 1 aliphatic rings. The van der Waals surface area contributed by atoms with E-state index in [9.17, 15) is 13.6 Å². The van der Waals surface area contributed by atoms with Crippen molar-refractivity contribution in [3.05, 3.63) is 71.6 Å². The quantitative estimate of drug-likeness (QED) is 0.617. The van der Waals surface area contributed by atoms with Gasteiger partial charge in [0, 0.05) is 30.5 Å². The lowest BCUT2D eigenvalue weighted by Gasteiger charge is -2.27. The molecule has 0 N–H and O–H groups in total. The van der Waals surface area contributed by atoms with Crippen molar-refractivity contribution in [3.8, 4) is 5.75 Å². The number of ether oxygens (including phenoxy) is 1. The topological polar surface area (TPSA) is 50.6 Å². The van der Waals surface area contributed by atoms with Gasteiger partial charge in [-0.25, -0.2) is 8.78 Å². The van der Waals surface area contributed by atoms with E-state index in [1.807, 2.05) is 24.3 Å². The molecule has 0 fully saturated rings. The van der Waals surface area contributed by atoms with Crippen LogP contribution in [0.4, 0.5) is 20.2 Å². The molecule has 4 rings (SSSR count). The molecule has 1 amide bonds. The molecule has 1 aromatic heterocycles. The van der Waals surface area contributed by atoms with E-state index in [0.29, 0.717) is 31.0 Å². The third-order valence-corrected chi connectivity index (χ3v) is 5.22. The van der Waals surface area contributed by atoms with Crippen molar-refractivity contribution >= 4 is 17.3 Å². The standard InChI is InChI=1S/C22H22F2N4O2/c1-3-26(16-4-7-18(30-2)8-5-16)14-15-12-21-22(29)27(10-11-28(21)25-15)17-6-9-19(23)20(24)13-17/h4-9,12-13H,3,10-11,14H2,1-2H3. The molecule has 2 aromatic carbocycles. The van der Waals surface area contributed by atoms with Gasteiger partial charge in [-0.15, -0.1) is 0 Å². The van der Waals surface area contributed by atoms with Crippen LogP contribution in [0.3, 0.4) is 0 Å². The largest absolute Gasteiger partial charge is 0.497 e. The molecular weight excluding hydrogens is 390 g/mol. The molecule has 0 saturated heterocycles. The van der Waals surface area contributed by atoms with Crippen LogP contribution in [0.5, 0.6) is 5.75 Å². The fraction of sp³-hybridized carbons (Fsp3) is 0.273. The van der Waals surface area contributed by atoms with Crippen LogP contribution in [0.25, 0.3) is 0 Å². The van der Waals surface area contributed by atoms with Crippen LogP contribution in [0.2, 0.25) is 0 Å². The number of hydrogen-bond acceptors (Lipinski definition) is 4. The van der Waals surface area contributed by atoms with Crippen LogP contribution < -0.4 is 14.5 Å². The van der Waals surface area contributed by atoms with E-state index in [2.05, 4.69) is 16.9 Å². The van der Waals surface area contributed by atoms with Gasteiger partial charge in [0.05, 0.1) is 25.9 Å². The van der Waals surface area contributed by atoms with Crippen LogP contribution in [0, 0.1) is 11.6 Å². The van der Waals surface area contributed by atoms with Crippen LogP contribution in [-0.2, 0) is 13.1 Å². The maximum Gasteiger partial charge on any atom is 0.276 e. The predicted octanol–water partition coefficient (Wildman–Crippen LogP) is 3.86. The lowest BCUT2D eigenvalue weighted by molar-refractivity contribution is 0.0962. The van der Waals surface area contributed by atoms with Crippen LogP contribution in [0.15, 0.2) is 48.5 Å². The average Bonchev–Trinajstić information content (AvgIpc) is 3.18. The van der Waals surface area contributed by atoms with Crippen molar-refractivity contribution in [2.45, 2.75) is 20.0 Å². The number of halogens is 2. The molecule has 1 aliphatic heterocycles. The summed E-state index contributed by atoms with van der Waals surface area (Å²) in [4.78, 5) is 16.5. The van der Waals surface area contributed by atoms with Gasteiger partial charge in [0.25, 0.3) is 5.91 Å². The second kappa shape index (κ2) is 8.14. The number of carbonyl (C=O) groups excluding carboxylic acids is 1. The number of hydrogen-bond donors (Lipinski definition) is 0. The van der Waals surface area contributed by atoms with Gasteiger partial charge in [-0.05, 0) is 49.4 Å². The fourth-order valence-corrected chi connectivity index (χ4v) is 3.60. The Hall–Kier alpha value is -3.42. The van der Waals surface area contributed by atoms with Gasteiger partial charge in [-0.2, -0.15) is 5.10 Å². The molecule has 0 bridgehead atoms. The monoisotopic (exact) mass is 412 g/mol. The average molecular weight is 412 g/mol. The van der Waals surface area contributed by atoms with Crippen molar-refractivity contribution in [1.29, 1.82) is 0 Å². The number of benzene rings is 2. The van der Waals surface area contributed by atoms with Crippen LogP contribution >= 0.6 is 0 Å². The molecule has 0 spiro atoms. The number of nitrogens with zero attached hydrogens (tertiary/aromatic N) is 4. The Morgan fingerprint density at radius 3 is 2.50 bits per heavy atom. The molecule has 0 radical (unpaired) electrons. The first-order valence-electron chi connectivity index (χ1n) is 9.72. The van der Waals surface area contributed by atoms with E-state index in [1.165, 1.54) is 11.0 Å². The van der Waals surface area contributed by atoms with E-state index in [-0.39, 0.29) is 5.91 Å². The van der Waals surface area contributed by atoms with E-state index in [1.54, 1.807) is 17.9 Å². The maximum atomic E-state index is 13.6. The summed E-state index contributed by atoms with van der Waals surface area (Å²) in [5, 5.41) is 4.58. The molecule has 0 atom stereocenters. The summed E-state index contributed by atoms with van der Waals surface area (Å²) in [6, 6.07) is 13.0. The molecule has 0 saturated carbocycles. The van der Waals surface area contributed by atoms with Crippen molar-refractivity contribution < 1.29 is 18.3 Å². The Balaban J connectivity index is 1.54. The summed E-state index contributed by atoms with van der Waals surface area (Å²) < 4.78 is 33.7. The lowest BCUT2D eigenvalue weighted by atomic mass is 10.2. The van der Waals surface area contributed by atoms with Crippen molar-refractivity contribution in [2.75, 3.05) is 30.0 Å². The van der Waals surface area contributed by atoms with Crippen LogP contribution in [0.1, 0.15) is 23.1 Å². The Bertz CT molecular complexity index is 1070. The summed E-state index contributed by atoms with van der Waals surface area (Å²) >= 11 is 0. The number of anilines is 2. The number of rotatable bonds is 6. The highest BCUT2D eigenvalue weighted by molar-refractivity contribution is 6.05. The van der Waals surface area contributed by atoms with Gasteiger partial charge in [0.1, 0.15) is 11.4 Å². The first-order chi connectivity index (χ1) is 14.5. The molecule has 30 heavy (non-hydrogen) atoms. The maximum absolute atomic E-state index is 13.6. The zero-order chi connectivity index (χ0) is 21.3. The summed E-state index contributed by atoms with van der Waals surface area (Å²) in [6.45, 7) is 4.18. The van der Waals surface area contributed by atoms with E-state index in [0.717, 1.165) is 35.8 Å². The highest BCUT2D eigenvalue weighted by Gasteiger charge is 2.28. The minimum absolute atomic E-state index is 0.279. The van der Waals surface area contributed by atoms with Gasteiger partial charge < -0.3 is 14.5 Å². The van der Waals surface area contributed by atoms with Crippen molar-refractivity contribution in [3.63, 3.8) is 0 Å². The van der Waals surface area contributed by atoms with Crippen molar-refractivity contribution in [2.24, 2.45) is 0 Å². The fourth-order valence-electron chi connectivity index (χ4n) is 3.60. The molecule has 0 unspecified atom stereocenters. The van der Waals surface area contributed by atoms with Gasteiger partial charge in [-0.3, -0.25) is 9.48 Å². The van der Waals surface area contributed by atoms with Gasteiger partial charge >= 0.3 is 0 Å². The van der Waals surface area contributed by atoms with Crippen molar-refractivity contribution in [1.82, 2.24) is 9.78 Å². The third-order valence-electron chi connectivity index (χ3n) is 5.22. The lowest BCUT2D eigenvalue weighted by Crippen LogP contribution is -2.40. The van der Waals surface area contributed by atoms with Gasteiger partial charge in [0.15, 0.2) is 11.6 Å². The number of fused-ring (bicyclic) bond motifs is 1. The normalized spacial score (nSPS) is 13.3. The van der Waals surface area contributed by atoms with Gasteiger partial charge in [0.2, 0.25) is 0 Å². The first-order valence-corrected chi connectivity index (χ1v) is 9.72. The Kier molecular flexibility index (Phi) is 5.39. The number of carbonyl (C=O) groups is 1. The summed E-state index contributed by atoms with van der Waals surface area (Å²) in [7, 11) is 1.63. The molecule has 3 aromatic rings. The van der Waals surface area contributed by atoms with Crippen LogP contribution in [-0.4, -0.2) is 35.9 Å². The third kappa shape index (κ3) is 3.72. The highest BCUT2D eigenvalue weighted by atomic mass is 19.2. The molecule has 156 valence electrons. The van der Waals surface area contributed by atoms with Gasteiger partial charge in [-0.1, -0.05) is 0 Å². The zero-order valence-electron chi connectivity index (χ0n) is 16.8. The number of methoxy groups -OCH3 is 1. The zero-order valence-corrected chi connectivity index (χ0v) is 16.8. The second-order valence-electron chi connectivity index (χ2n) is 7.01. The molecular formula is C22H22F2N4O2. The minimum Gasteiger partial charge on any atom is -0.497 e. The van der Waals surface area contributed by atoms with E-state index in [4.69, 9.17) is 4.74 Å². The summed E-state index contributed by atoms with van der Waals surface area (Å²) in [5.41, 5.74) is 2.57. The Morgan fingerprint density at radius 2 is 1.83 bits per heavy atom. The van der Waals surface area contributed by atoms with E-state index < -0.39 is 11.6 Å². The first kappa shape index (κ1) is 19.9. The second-order valence-corrected chi connectivity index (χ2v) is 7.01. The Labute approximate surface area is 173 Å². The molecule has 2 heterocycles. The number of aromatic nitrogens is 2. The summed E-state index contributed by atoms with van der Waals surface area (Å²) in [5.74, 6) is -1.40. The number of amides is 1. The minimum atomic E-state index is -0.974. The summed E-state index contributed by atoms with van der Waals surface area (Å²) in [6.07, 6.45) is 0. The highest BCUT2D eigenvalue weighted by Crippen LogP contribution is 2.25. The smallest absolute Gasteiger partial charge is 0.276 e. The Morgan fingerprint density at radius 1 is 1.07 bits per heavy atom. The van der Waals surface area contributed by atoms with E-state index >= 15 is 0 Å². The SMILES string of the molecule is CCN(Cc1cc2n(n1)CCN(c1ccc(F)c(F)c1)C2=O)c1ccc(OC)cc1. The molecule has 6 nitrogen and oxygen atoms in total. The molecule has 8 heteroatoms. The predicted molar refractivity (Wildman–Crippen MR) is 110 cm³/mol. The molecule has 0 aliphatic carbocycles.